The Morgan fingerprint density at radius 3 is 2.87 bits per heavy atom. The van der Waals surface area contributed by atoms with Crippen LogP contribution in [0.15, 0.2) is 48.5 Å². The van der Waals surface area contributed by atoms with Gasteiger partial charge in [-0.15, -0.1) is 0 Å². The summed E-state index contributed by atoms with van der Waals surface area (Å²) in [6, 6.07) is 15.3. The molecule has 2 aromatic carbocycles. The minimum Gasteiger partial charge on any atom is -0.481 e. The highest BCUT2D eigenvalue weighted by atomic mass is 35.5. The third kappa shape index (κ3) is 3.50. The maximum absolute atomic E-state index is 12.9. The zero-order valence-electron chi connectivity index (χ0n) is 13.2. The summed E-state index contributed by atoms with van der Waals surface area (Å²) in [4.78, 5) is 14.8. The van der Waals surface area contributed by atoms with Crippen molar-refractivity contribution in [3.63, 3.8) is 0 Å². The number of anilines is 1. The predicted molar refractivity (Wildman–Crippen MR) is 93.3 cm³/mol. The van der Waals surface area contributed by atoms with Crippen molar-refractivity contribution in [1.29, 1.82) is 0 Å². The lowest BCUT2D eigenvalue weighted by atomic mass is 10.0. The maximum atomic E-state index is 12.9. The van der Waals surface area contributed by atoms with Crippen molar-refractivity contribution in [2.24, 2.45) is 0 Å². The van der Waals surface area contributed by atoms with Crippen LogP contribution >= 0.6 is 11.6 Å². The number of hydrogen-bond acceptors (Lipinski definition) is 2. The first-order valence-electron chi connectivity index (χ1n) is 8.00. The van der Waals surface area contributed by atoms with Crippen LogP contribution in [-0.2, 0) is 11.2 Å². The minimum atomic E-state index is -0.500. The van der Waals surface area contributed by atoms with E-state index in [9.17, 15) is 4.79 Å². The van der Waals surface area contributed by atoms with E-state index in [4.69, 9.17) is 16.3 Å². The number of para-hydroxylation sites is 1. The molecule has 1 aliphatic rings. The summed E-state index contributed by atoms with van der Waals surface area (Å²) >= 11 is 5.99. The Morgan fingerprint density at radius 2 is 2.09 bits per heavy atom. The van der Waals surface area contributed by atoms with Crippen molar-refractivity contribution in [3.8, 4) is 5.75 Å². The molecule has 0 bridgehead atoms. The second-order valence-electron chi connectivity index (χ2n) is 5.69. The zero-order valence-corrected chi connectivity index (χ0v) is 13.9. The Bertz CT molecular complexity index is 701. The summed E-state index contributed by atoms with van der Waals surface area (Å²) in [5, 5.41) is 0.605. The van der Waals surface area contributed by atoms with Gasteiger partial charge in [-0.25, -0.2) is 0 Å². The van der Waals surface area contributed by atoms with Gasteiger partial charge in [-0.05, 0) is 49.1 Å². The fraction of sp³-hybridized carbons (Fsp3) is 0.316. The van der Waals surface area contributed by atoms with Gasteiger partial charge in [-0.2, -0.15) is 0 Å². The molecule has 0 unspecified atom stereocenters. The average Bonchev–Trinajstić information content (AvgIpc) is 2.58. The molecular formula is C19H20ClNO2. The van der Waals surface area contributed by atoms with Crippen LogP contribution in [0.25, 0.3) is 0 Å². The molecule has 23 heavy (non-hydrogen) atoms. The molecule has 0 saturated carbocycles. The number of carbonyl (C=O) groups is 1. The summed E-state index contributed by atoms with van der Waals surface area (Å²) in [7, 11) is 0. The zero-order chi connectivity index (χ0) is 16.2. The number of halogens is 1. The Hall–Kier alpha value is -2.00. The maximum Gasteiger partial charge on any atom is 0.268 e. The highest BCUT2D eigenvalue weighted by Gasteiger charge is 2.28. The van der Waals surface area contributed by atoms with Crippen molar-refractivity contribution < 1.29 is 9.53 Å². The second kappa shape index (κ2) is 7.05. The lowest BCUT2D eigenvalue weighted by Crippen LogP contribution is -2.44. The molecule has 0 fully saturated rings. The van der Waals surface area contributed by atoms with Crippen LogP contribution in [0.1, 0.15) is 25.3 Å². The number of benzene rings is 2. The van der Waals surface area contributed by atoms with Crippen molar-refractivity contribution >= 4 is 23.2 Å². The SMILES string of the molecule is CC[C@@H](Oc1cccc(Cl)c1)C(=O)N1CCCc2ccccc21. The molecule has 4 heteroatoms. The van der Waals surface area contributed by atoms with Crippen molar-refractivity contribution in [2.45, 2.75) is 32.3 Å². The highest BCUT2D eigenvalue weighted by Crippen LogP contribution is 2.28. The van der Waals surface area contributed by atoms with E-state index < -0.39 is 6.10 Å². The number of ether oxygens (including phenoxy) is 1. The first-order chi connectivity index (χ1) is 11.2. The van der Waals surface area contributed by atoms with E-state index in [0.717, 1.165) is 25.1 Å². The fourth-order valence-corrected chi connectivity index (χ4v) is 3.13. The van der Waals surface area contributed by atoms with Gasteiger partial charge in [-0.3, -0.25) is 4.79 Å². The van der Waals surface area contributed by atoms with E-state index in [0.29, 0.717) is 17.2 Å². The van der Waals surface area contributed by atoms with Gasteiger partial charge in [0.1, 0.15) is 5.75 Å². The topological polar surface area (TPSA) is 29.5 Å². The Labute approximate surface area is 141 Å². The first-order valence-corrected chi connectivity index (χ1v) is 8.38. The molecule has 3 rings (SSSR count). The summed E-state index contributed by atoms with van der Waals surface area (Å²) in [5.41, 5.74) is 2.24. The standard InChI is InChI=1S/C19H20ClNO2/c1-2-18(23-16-10-5-9-15(20)13-16)19(22)21-12-6-8-14-7-3-4-11-17(14)21/h3-5,7,9-11,13,18H,2,6,8,12H2,1H3/t18-/m1/s1. The highest BCUT2D eigenvalue weighted by molar-refractivity contribution is 6.30. The van der Waals surface area contributed by atoms with Crippen LogP contribution in [0.2, 0.25) is 5.02 Å². The Balaban J connectivity index is 1.81. The van der Waals surface area contributed by atoms with Gasteiger partial charge in [-0.1, -0.05) is 42.8 Å². The fourth-order valence-electron chi connectivity index (χ4n) is 2.95. The molecule has 0 aromatic heterocycles. The molecule has 1 amide bonds. The van der Waals surface area contributed by atoms with Crippen LogP contribution < -0.4 is 9.64 Å². The number of carbonyl (C=O) groups excluding carboxylic acids is 1. The van der Waals surface area contributed by atoms with Crippen molar-refractivity contribution in [1.82, 2.24) is 0 Å². The Kier molecular flexibility index (Phi) is 4.87. The minimum absolute atomic E-state index is 0.0135. The van der Waals surface area contributed by atoms with Gasteiger partial charge >= 0.3 is 0 Å². The van der Waals surface area contributed by atoms with E-state index in [2.05, 4.69) is 6.07 Å². The monoisotopic (exact) mass is 329 g/mol. The molecular weight excluding hydrogens is 310 g/mol. The molecule has 3 nitrogen and oxygen atoms in total. The first kappa shape index (κ1) is 15.9. The van der Waals surface area contributed by atoms with Gasteiger partial charge in [0.2, 0.25) is 0 Å². The molecule has 0 saturated heterocycles. The van der Waals surface area contributed by atoms with Crippen LogP contribution in [0, 0.1) is 0 Å². The molecule has 0 spiro atoms. The average molecular weight is 330 g/mol. The number of amides is 1. The predicted octanol–water partition coefficient (Wildman–Crippen LogP) is 4.48. The Morgan fingerprint density at radius 1 is 1.26 bits per heavy atom. The quantitative estimate of drug-likeness (QED) is 0.827. The summed E-state index contributed by atoms with van der Waals surface area (Å²) in [6.45, 7) is 2.70. The van der Waals surface area contributed by atoms with E-state index in [-0.39, 0.29) is 5.91 Å². The second-order valence-corrected chi connectivity index (χ2v) is 6.13. The van der Waals surface area contributed by atoms with Gasteiger partial charge in [0, 0.05) is 17.3 Å². The van der Waals surface area contributed by atoms with Gasteiger partial charge in [0.15, 0.2) is 6.10 Å². The van der Waals surface area contributed by atoms with Crippen LogP contribution in [0.5, 0.6) is 5.75 Å². The number of hydrogen-bond donors (Lipinski definition) is 0. The smallest absolute Gasteiger partial charge is 0.268 e. The number of aryl methyl sites for hydroxylation is 1. The van der Waals surface area contributed by atoms with Gasteiger partial charge < -0.3 is 9.64 Å². The lowest BCUT2D eigenvalue weighted by Gasteiger charge is -2.32. The molecule has 0 radical (unpaired) electrons. The van der Waals surface area contributed by atoms with Gasteiger partial charge in [0.05, 0.1) is 0 Å². The third-order valence-corrected chi connectivity index (χ3v) is 4.33. The number of fused-ring (bicyclic) bond motifs is 1. The van der Waals surface area contributed by atoms with E-state index in [1.54, 1.807) is 12.1 Å². The molecule has 120 valence electrons. The molecule has 1 atom stereocenters. The van der Waals surface area contributed by atoms with E-state index >= 15 is 0 Å². The molecule has 0 N–H and O–H groups in total. The van der Waals surface area contributed by atoms with E-state index in [1.807, 2.05) is 42.2 Å². The van der Waals surface area contributed by atoms with Crippen molar-refractivity contribution in [3.05, 3.63) is 59.1 Å². The normalized spacial score (nSPS) is 15.0. The number of nitrogens with zero attached hydrogens (tertiary/aromatic N) is 1. The van der Waals surface area contributed by atoms with Crippen LogP contribution in [-0.4, -0.2) is 18.6 Å². The molecule has 0 aliphatic carbocycles. The molecule has 1 heterocycles. The van der Waals surface area contributed by atoms with Crippen LogP contribution in [0.3, 0.4) is 0 Å². The molecule has 2 aromatic rings. The van der Waals surface area contributed by atoms with E-state index in [1.165, 1.54) is 5.56 Å². The summed E-state index contributed by atoms with van der Waals surface area (Å²) < 4.78 is 5.90. The largest absolute Gasteiger partial charge is 0.481 e. The number of rotatable bonds is 4. The third-order valence-electron chi connectivity index (χ3n) is 4.10. The molecule has 1 aliphatic heterocycles. The van der Waals surface area contributed by atoms with Crippen molar-refractivity contribution in [2.75, 3.05) is 11.4 Å². The lowest BCUT2D eigenvalue weighted by molar-refractivity contribution is -0.125. The van der Waals surface area contributed by atoms with Gasteiger partial charge in [0.25, 0.3) is 5.91 Å². The summed E-state index contributed by atoms with van der Waals surface area (Å²) in [6.07, 6.45) is 2.12. The summed E-state index contributed by atoms with van der Waals surface area (Å²) in [5.74, 6) is 0.641. The van der Waals surface area contributed by atoms with Crippen LogP contribution in [0.4, 0.5) is 5.69 Å².